The molecule has 1 aliphatic heterocycles. The largest absolute Gasteiger partial charge is 0.303 e. The predicted molar refractivity (Wildman–Crippen MR) is 62.0 cm³/mol. The minimum Gasteiger partial charge on any atom is -0.303 e. The van der Waals surface area contributed by atoms with Crippen molar-refractivity contribution in [3.63, 3.8) is 0 Å². The Bertz CT molecular complexity index is 233. The molecule has 0 amide bonds. The Labute approximate surface area is 96.0 Å². The van der Waals surface area contributed by atoms with Gasteiger partial charge in [0.25, 0.3) is 0 Å². The number of rotatable bonds is 3. The molecule has 1 aromatic heterocycles. The SMILES string of the molecule is CCCCN1CCCC1.Sc1nnn[nH]1. The van der Waals surface area contributed by atoms with Gasteiger partial charge in [-0.05, 0) is 49.3 Å². The van der Waals surface area contributed by atoms with Crippen LogP contribution < -0.4 is 0 Å². The van der Waals surface area contributed by atoms with Crippen LogP contribution in [0.25, 0.3) is 0 Å². The van der Waals surface area contributed by atoms with E-state index in [0.717, 1.165) is 0 Å². The third kappa shape index (κ3) is 5.74. The first-order chi connectivity index (χ1) is 7.33. The average Bonchev–Trinajstić information content (AvgIpc) is 2.88. The molecule has 0 spiro atoms. The van der Waals surface area contributed by atoms with Crippen LogP contribution in [-0.4, -0.2) is 45.2 Å². The first-order valence-corrected chi connectivity index (χ1v) is 5.92. The minimum absolute atomic E-state index is 0.440. The standard InChI is InChI=1S/C8H17N.CH2N4S/c1-2-3-6-9-7-4-5-8-9;6-1-2-4-5-3-1/h2-8H2,1H3;(H2,2,3,4,5,6). The van der Waals surface area contributed by atoms with Crippen LogP contribution in [-0.2, 0) is 0 Å². The Hall–Kier alpha value is -0.620. The third-order valence-corrected chi connectivity index (χ3v) is 2.55. The van der Waals surface area contributed by atoms with Crippen LogP contribution in [0.1, 0.15) is 32.6 Å². The normalized spacial score (nSPS) is 16.1. The second-order valence-corrected chi connectivity index (χ2v) is 4.05. The second-order valence-electron chi connectivity index (χ2n) is 3.63. The van der Waals surface area contributed by atoms with Crippen LogP contribution in [0.5, 0.6) is 0 Å². The summed E-state index contributed by atoms with van der Waals surface area (Å²) in [6, 6.07) is 0. The van der Waals surface area contributed by atoms with Crippen LogP contribution >= 0.6 is 12.6 Å². The number of hydrogen-bond donors (Lipinski definition) is 2. The van der Waals surface area contributed by atoms with E-state index in [4.69, 9.17) is 0 Å². The third-order valence-electron chi connectivity index (χ3n) is 2.36. The molecule has 1 N–H and O–H groups in total. The van der Waals surface area contributed by atoms with Gasteiger partial charge in [-0.15, -0.1) is 17.7 Å². The van der Waals surface area contributed by atoms with Crippen molar-refractivity contribution in [3.8, 4) is 0 Å². The number of thiol groups is 1. The van der Waals surface area contributed by atoms with Crippen LogP contribution in [0, 0.1) is 0 Å². The monoisotopic (exact) mass is 229 g/mol. The van der Waals surface area contributed by atoms with E-state index in [9.17, 15) is 0 Å². The molecule has 0 unspecified atom stereocenters. The summed E-state index contributed by atoms with van der Waals surface area (Å²) in [4.78, 5) is 2.57. The number of tetrazole rings is 1. The number of aromatic amines is 1. The zero-order valence-corrected chi connectivity index (χ0v) is 10.1. The maximum atomic E-state index is 3.74. The lowest BCUT2D eigenvalue weighted by molar-refractivity contribution is 0.332. The quantitative estimate of drug-likeness (QED) is 0.769. The molecule has 15 heavy (non-hydrogen) atoms. The Kier molecular flexibility index (Phi) is 6.34. The number of unbranched alkanes of at least 4 members (excludes halogenated alkanes) is 1. The van der Waals surface area contributed by atoms with E-state index >= 15 is 0 Å². The van der Waals surface area contributed by atoms with E-state index in [2.05, 4.69) is 45.1 Å². The minimum atomic E-state index is 0.440. The lowest BCUT2D eigenvalue weighted by Crippen LogP contribution is -2.19. The Morgan fingerprint density at radius 2 is 2.13 bits per heavy atom. The summed E-state index contributed by atoms with van der Waals surface area (Å²) < 4.78 is 0. The lowest BCUT2D eigenvalue weighted by atomic mass is 10.3. The molecule has 2 heterocycles. The smallest absolute Gasteiger partial charge is 0.203 e. The summed E-state index contributed by atoms with van der Waals surface area (Å²) in [5.74, 6) is 0. The van der Waals surface area contributed by atoms with Gasteiger partial charge >= 0.3 is 0 Å². The number of hydrogen-bond acceptors (Lipinski definition) is 5. The fourth-order valence-electron chi connectivity index (χ4n) is 1.54. The van der Waals surface area contributed by atoms with E-state index in [1.54, 1.807) is 0 Å². The van der Waals surface area contributed by atoms with Crippen LogP contribution in [0.2, 0.25) is 0 Å². The van der Waals surface area contributed by atoms with Crippen LogP contribution in [0.4, 0.5) is 0 Å². The molecule has 0 bridgehead atoms. The van der Waals surface area contributed by atoms with E-state index < -0.39 is 0 Å². The number of nitrogens with zero attached hydrogens (tertiary/aromatic N) is 4. The second kappa shape index (κ2) is 7.64. The Balaban J connectivity index is 0.000000162. The van der Waals surface area contributed by atoms with Gasteiger partial charge in [0.15, 0.2) is 0 Å². The van der Waals surface area contributed by atoms with Gasteiger partial charge in [-0.1, -0.05) is 13.3 Å². The molecule has 0 aromatic carbocycles. The number of likely N-dealkylation sites (tertiary alicyclic amines) is 1. The van der Waals surface area contributed by atoms with Crippen molar-refractivity contribution in [1.29, 1.82) is 0 Å². The van der Waals surface area contributed by atoms with Crippen molar-refractivity contribution in [2.45, 2.75) is 37.8 Å². The van der Waals surface area contributed by atoms with Crippen molar-refractivity contribution in [1.82, 2.24) is 25.5 Å². The van der Waals surface area contributed by atoms with Gasteiger partial charge < -0.3 is 4.90 Å². The molecule has 86 valence electrons. The molecule has 0 atom stereocenters. The average molecular weight is 229 g/mol. The highest BCUT2D eigenvalue weighted by molar-refractivity contribution is 7.80. The highest BCUT2D eigenvalue weighted by atomic mass is 32.1. The summed E-state index contributed by atoms with van der Waals surface area (Å²) in [6.45, 7) is 6.33. The molecule has 5 nitrogen and oxygen atoms in total. The van der Waals surface area contributed by atoms with E-state index in [-0.39, 0.29) is 0 Å². The van der Waals surface area contributed by atoms with Gasteiger partial charge in [-0.3, -0.25) is 0 Å². The van der Waals surface area contributed by atoms with Gasteiger partial charge in [-0.25, -0.2) is 5.10 Å². The molecule has 1 saturated heterocycles. The lowest BCUT2D eigenvalue weighted by Gasteiger charge is -2.12. The number of H-pyrrole nitrogens is 1. The summed E-state index contributed by atoms with van der Waals surface area (Å²) in [5.41, 5.74) is 0. The van der Waals surface area contributed by atoms with E-state index in [0.29, 0.717) is 5.16 Å². The maximum Gasteiger partial charge on any atom is 0.203 e. The van der Waals surface area contributed by atoms with Crippen molar-refractivity contribution < 1.29 is 0 Å². The maximum absolute atomic E-state index is 3.74. The van der Waals surface area contributed by atoms with E-state index in [1.165, 1.54) is 45.3 Å². The molecular weight excluding hydrogens is 210 g/mol. The first-order valence-electron chi connectivity index (χ1n) is 5.48. The highest BCUT2D eigenvalue weighted by Crippen LogP contribution is 2.07. The summed E-state index contributed by atoms with van der Waals surface area (Å²) in [7, 11) is 0. The Morgan fingerprint density at radius 3 is 2.53 bits per heavy atom. The van der Waals surface area contributed by atoms with Crippen molar-refractivity contribution in [3.05, 3.63) is 0 Å². The zero-order valence-electron chi connectivity index (χ0n) is 9.19. The highest BCUT2D eigenvalue weighted by Gasteiger charge is 2.08. The summed E-state index contributed by atoms with van der Waals surface area (Å²) in [6.07, 6.45) is 5.60. The zero-order chi connectivity index (χ0) is 10.9. The van der Waals surface area contributed by atoms with Gasteiger partial charge in [0, 0.05) is 0 Å². The molecule has 0 aliphatic carbocycles. The van der Waals surface area contributed by atoms with Crippen LogP contribution in [0.15, 0.2) is 5.16 Å². The van der Waals surface area contributed by atoms with Gasteiger partial charge in [-0.2, -0.15) is 0 Å². The Morgan fingerprint density at radius 1 is 1.40 bits per heavy atom. The van der Waals surface area contributed by atoms with Crippen molar-refractivity contribution >= 4 is 12.6 Å². The number of nitrogens with one attached hydrogen (secondary N) is 1. The van der Waals surface area contributed by atoms with Crippen molar-refractivity contribution in [2.24, 2.45) is 0 Å². The van der Waals surface area contributed by atoms with Crippen molar-refractivity contribution in [2.75, 3.05) is 19.6 Å². The molecule has 0 radical (unpaired) electrons. The van der Waals surface area contributed by atoms with Gasteiger partial charge in [0.1, 0.15) is 0 Å². The first kappa shape index (κ1) is 12.4. The topological polar surface area (TPSA) is 57.7 Å². The summed E-state index contributed by atoms with van der Waals surface area (Å²) in [5, 5.41) is 12.6. The van der Waals surface area contributed by atoms with Gasteiger partial charge in [0.2, 0.25) is 5.16 Å². The predicted octanol–water partition coefficient (Wildman–Crippen LogP) is 1.37. The summed E-state index contributed by atoms with van der Waals surface area (Å²) >= 11 is 3.74. The molecule has 6 heteroatoms. The van der Waals surface area contributed by atoms with Gasteiger partial charge in [0.05, 0.1) is 0 Å². The van der Waals surface area contributed by atoms with E-state index in [1.807, 2.05) is 0 Å². The number of aromatic nitrogens is 4. The fourth-order valence-corrected chi connectivity index (χ4v) is 1.63. The van der Waals surface area contributed by atoms with Crippen LogP contribution in [0.3, 0.4) is 0 Å². The molecular formula is C9H19N5S. The molecule has 1 aromatic rings. The molecule has 2 rings (SSSR count). The molecule has 0 saturated carbocycles. The molecule has 1 fully saturated rings. The molecule has 1 aliphatic rings. The fraction of sp³-hybridized carbons (Fsp3) is 0.889.